The van der Waals surface area contributed by atoms with E-state index in [0.717, 1.165) is 11.1 Å². The van der Waals surface area contributed by atoms with Crippen molar-refractivity contribution in [2.45, 2.75) is 43.2 Å². The van der Waals surface area contributed by atoms with Gasteiger partial charge in [-0.2, -0.15) is 0 Å². The van der Waals surface area contributed by atoms with E-state index in [1.54, 1.807) is 13.2 Å². The Morgan fingerprint density at radius 1 is 1.15 bits per heavy atom. The van der Waals surface area contributed by atoms with Gasteiger partial charge < -0.3 is 19.8 Å². The molecule has 1 aromatic heterocycles. The van der Waals surface area contributed by atoms with E-state index in [4.69, 9.17) is 21.1 Å². The van der Waals surface area contributed by atoms with Crippen LogP contribution in [0.15, 0.2) is 52.4 Å². The topological polar surface area (TPSA) is 93.3 Å². The fraction of sp³-hybridized carbons (Fsp3) is 0.292. The fourth-order valence-electron chi connectivity index (χ4n) is 3.69. The minimum atomic E-state index is -0.442. The number of benzene rings is 2. The second kappa shape index (κ2) is 9.89. The van der Waals surface area contributed by atoms with Gasteiger partial charge >= 0.3 is 0 Å². The van der Waals surface area contributed by atoms with Gasteiger partial charge in [0.1, 0.15) is 5.82 Å². The highest BCUT2D eigenvalue weighted by molar-refractivity contribution is 7.98. The molecule has 2 N–H and O–H groups in total. The number of anilines is 1. The van der Waals surface area contributed by atoms with E-state index < -0.39 is 5.92 Å². The zero-order valence-corrected chi connectivity index (χ0v) is 20.0. The van der Waals surface area contributed by atoms with Crippen LogP contribution in [0, 0.1) is 0 Å². The lowest BCUT2D eigenvalue weighted by Gasteiger charge is -2.25. The maximum absolute atomic E-state index is 13.1. The third-order valence-electron chi connectivity index (χ3n) is 5.17. The summed E-state index contributed by atoms with van der Waals surface area (Å²) in [4.78, 5) is 32.9. The van der Waals surface area contributed by atoms with Crippen LogP contribution in [0.25, 0.3) is 0 Å². The molecule has 2 heterocycles. The lowest BCUT2D eigenvalue weighted by Crippen LogP contribution is -2.31. The average Bonchev–Trinajstić information content (AvgIpc) is 2.77. The first-order valence-electron chi connectivity index (χ1n) is 10.5. The summed E-state index contributed by atoms with van der Waals surface area (Å²) in [7, 11) is 1.56. The molecule has 0 saturated carbocycles. The van der Waals surface area contributed by atoms with Crippen molar-refractivity contribution in [1.29, 1.82) is 0 Å². The highest BCUT2D eigenvalue weighted by Crippen LogP contribution is 2.38. The van der Waals surface area contributed by atoms with E-state index in [1.165, 1.54) is 11.8 Å². The molecule has 0 unspecified atom stereocenters. The molecule has 0 spiro atoms. The van der Waals surface area contributed by atoms with Crippen LogP contribution in [-0.2, 0) is 10.5 Å². The monoisotopic (exact) mass is 485 g/mol. The number of aromatic nitrogens is 2. The van der Waals surface area contributed by atoms with Crippen LogP contribution in [0.2, 0.25) is 5.02 Å². The largest absolute Gasteiger partial charge is 0.493 e. The number of rotatable bonds is 7. The van der Waals surface area contributed by atoms with Crippen molar-refractivity contribution in [1.82, 2.24) is 9.97 Å². The molecule has 3 aromatic rings. The van der Waals surface area contributed by atoms with Gasteiger partial charge in [-0.25, -0.2) is 4.98 Å². The summed E-state index contributed by atoms with van der Waals surface area (Å²) in [5.41, 5.74) is 1.99. The lowest BCUT2D eigenvalue weighted by atomic mass is 9.86. The molecule has 0 fully saturated rings. The smallest absolute Gasteiger partial charge is 0.257 e. The summed E-state index contributed by atoms with van der Waals surface area (Å²) < 4.78 is 11.3. The molecule has 2 aromatic carbocycles. The van der Waals surface area contributed by atoms with Crippen LogP contribution < -0.4 is 20.3 Å². The van der Waals surface area contributed by atoms with Gasteiger partial charge in [-0.15, -0.1) is 0 Å². The molecule has 172 valence electrons. The van der Waals surface area contributed by atoms with Crippen LogP contribution in [0.3, 0.4) is 0 Å². The molecule has 0 aliphatic carbocycles. The predicted octanol–water partition coefficient (Wildman–Crippen LogP) is 4.99. The van der Waals surface area contributed by atoms with E-state index >= 15 is 0 Å². The van der Waals surface area contributed by atoms with E-state index in [2.05, 4.69) is 15.3 Å². The standard InChI is InChI=1S/C24H24ClN3O4S/c1-13(2)32-18-9-6-15(10-19(18)31-3)17-11-20(29)26-22-21(17)23(30)28-24(27-22)33-12-14-4-7-16(25)8-5-14/h4-10,13,17H,11-12H2,1-3H3,(H2,26,27,28,29,30)/t17-/m1/s1. The van der Waals surface area contributed by atoms with Gasteiger partial charge in [0.05, 0.1) is 18.8 Å². The van der Waals surface area contributed by atoms with Gasteiger partial charge in [-0.05, 0) is 49.2 Å². The number of fused-ring (bicyclic) bond motifs is 1. The number of carbonyl (C=O) groups is 1. The maximum Gasteiger partial charge on any atom is 0.257 e. The zero-order chi connectivity index (χ0) is 23.5. The minimum Gasteiger partial charge on any atom is -0.493 e. The molecular formula is C24H24ClN3O4S. The molecule has 9 heteroatoms. The molecule has 1 amide bonds. The molecule has 0 saturated heterocycles. The van der Waals surface area contributed by atoms with Gasteiger partial charge in [0.25, 0.3) is 5.56 Å². The van der Waals surface area contributed by atoms with Crippen molar-refractivity contribution in [3.63, 3.8) is 0 Å². The summed E-state index contributed by atoms with van der Waals surface area (Å²) in [6, 6.07) is 12.9. The number of halogens is 1. The zero-order valence-electron chi connectivity index (χ0n) is 18.5. The summed E-state index contributed by atoms with van der Waals surface area (Å²) in [5.74, 6) is 1.42. The Morgan fingerprint density at radius 2 is 1.91 bits per heavy atom. The Bertz CT molecular complexity index is 1230. The quantitative estimate of drug-likeness (QED) is 0.362. The van der Waals surface area contributed by atoms with Gasteiger partial charge in [0, 0.05) is 23.1 Å². The SMILES string of the molecule is COc1cc([C@H]2CC(=O)Nc3nc(SCc4ccc(Cl)cc4)[nH]c(=O)c32)ccc1OC(C)C. The first kappa shape index (κ1) is 23.2. The molecule has 1 atom stereocenters. The number of methoxy groups -OCH3 is 1. The van der Waals surface area contributed by atoms with Crippen LogP contribution >= 0.6 is 23.4 Å². The molecule has 1 aliphatic rings. The van der Waals surface area contributed by atoms with E-state index in [-0.39, 0.29) is 24.0 Å². The Hall–Kier alpha value is -2.97. The third-order valence-corrected chi connectivity index (χ3v) is 6.37. The Balaban J connectivity index is 1.64. The number of aromatic amines is 1. The number of hydrogen-bond acceptors (Lipinski definition) is 6. The fourth-order valence-corrected chi connectivity index (χ4v) is 4.63. The number of nitrogens with one attached hydrogen (secondary N) is 2. The molecular weight excluding hydrogens is 462 g/mol. The predicted molar refractivity (Wildman–Crippen MR) is 130 cm³/mol. The van der Waals surface area contributed by atoms with Crippen molar-refractivity contribution in [3.8, 4) is 11.5 Å². The number of H-pyrrole nitrogens is 1. The number of thioether (sulfide) groups is 1. The Morgan fingerprint density at radius 3 is 2.61 bits per heavy atom. The molecule has 33 heavy (non-hydrogen) atoms. The van der Waals surface area contributed by atoms with Crippen LogP contribution in [0.1, 0.15) is 42.9 Å². The average molecular weight is 486 g/mol. The Labute approximate surface area is 200 Å². The van der Waals surface area contributed by atoms with Crippen molar-refractivity contribution >= 4 is 35.1 Å². The van der Waals surface area contributed by atoms with Crippen LogP contribution in [-0.4, -0.2) is 29.1 Å². The van der Waals surface area contributed by atoms with Gasteiger partial charge in [0.15, 0.2) is 16.7 Å². The van der Waals surface area contributed by atoms with Crippen molar-refractivity contribution < 1.29 is 14.3 Å². The lowest BCUT2D eigenvalue weighted by molar-refractivity contribution is -0.116. The van der Waals surface area contributed by atoms with Crippen molar-refractivity contribution in [3.05, 3.63) is 74.5 Å². The number of ether oxygens (including phenoxy) is 2. The number of nitrogens with zero attached hydrogens (tertiary/aromatic N) is 1. The number of amides is 1. The van der Waals surface area contributed by atoms with E-state index in [1.807, 2.05) is 50.2 Å². The molecule has 0 bridgehead atoms. The van der Waals surface area contributed by atoms with E-state index in [0.29, 0.717) is 38.8 Å². The molecule has 4 rings (SSSR count). The number of hydrogen-bond donors (Lipinski definition) is 2. The van der Waals surface area contributed by atoms with Gasteiger partial charge in [-0.3, -0.25) is 9.59 Å². The highest BCUT2D eigenvalue weighted by Gasteiger charge is 2.31. The van der Waals surface area contributed by atoms with Gasteiger partial charge in [-0.1, -0.05) is 41.6 Å². The Kier molecular flexibility index (Phi) is 6.95. The molecule has 1 aliphatic heterocycles. The summed E-state index contributed by atoms with van der Waals surface area (Å²) in [6.07, 6.45) is 0.129. The van der Waals surface area contributed by atoms with E-state index in [9.17, 15) is 9.59 Å². The second-order valence-electron chi connectivity index (χ2n) is 7.93. The maximum atomic E-state index is 13.1. The summed E-state index contributed by atoms with van der Waals surface area (Å²) in [6.45, 7) is 3.87. The summed E-state index contributed by atoms with van der Waals surface area (Å²) >= 11 is 7.32. The molecule has 7 nitrogen and oxygen atoms in total. The van der Waals surface area contributed by atoms with Crippen LogP contribution in [0.4, 0.5) is 5.82 Å². The highest BCUT2D eigenvalue weighted by atomic mass is 35.5. The first-order chi connectivity index (χ1) is 15.8. The van der Waals surface area contributed by atoms with Crippen LogP contribution in [0.5, 0.6) is 11.5 Å². The van der Waals surface area contributed by atoms with Crippen molar-refractivity contribution in [2.75, 3.05) is 12.4 Å². The first-order valence-corrected chi connectivity index (χ1v) is 11.9. The summed E-state index contributed by atoms with van der Waals surface area (Å²) in [5, 5.41) is 3.86. The minimum absolute atomic E-state index is 0.0122. The number of carbonyl (C=O) groups excluding carboxylic acids is 1. The third kappa shape index (κ3) is 5.34. The second-order valence-corrected chi connectivity index (χ2v) is 9.33. The normalized spacial score (nSPS) is 15.2. The molecule has 0 radical (unpaired) electrons. The van der Waals surface area contributed by atoms with Crippen molar-refractivity contribution in [2.24, 2.45) is 0 Å². The van der Waals surface area contributed by atoms with Gasteiger partial charge in [0.2, 0.25) is 5.91 Å².